The molecule has 0 spiro atoms. The molecular weight excluding hydrogens is 530 g/mol. The fraction of sp³-hybridized carbons (Fsp3) is 0.0909. The number of hydrogen-bond donors (Lipinski definition) is 0. The first-order valence-electron chi connectivity index (χ1n) is 8.96. The summed E-state index contributed by atoms with van der Waals surface area (Å²) in [6, 6.07) is 19.1. The van der Waals surface area contributed by atoms with E-state index in [4.69, 9.17) is 14.8 Å². The summed E-state index contributed by atoms with van der Waals surface area (Å²) in [5.74, 6) is 0.597. The van der Waals surface area contributed by atoms with Gasteiger partial charge >= 0.3 is 0 Å². The molecule has 0 N–H and O–H groups in total. The Labute approximate surface area is 195 Å². The quantitative estimate of drug-likeness (QED) is 0.193. The third kappa shape index (κ3) is 6.13. The van der Waals surface area contributed by atoms with Crippen LogP contribution in [0.3, 0.4) is 0 Å². The number of nitro benzene ring substituents is 1. The molecule has 31 heavy (non-hydrogen) atoms. The van der Waals surface area contributed by atoms with Crippen LogP contribution >= 0.6 is 31.9 Å². The second kappa shape index (κ2) is 10.7. The van der Waals surface area contributed by atoms with Gasteiger partial charge in [0.2, 0.25) is 0 Å². The molecule has 0 unspecified atom stereocenters. The summed E-state index contributed by atoms with van der Waals surface area (Å²) in [7, 11) is 0. The van der Waals surface area contributed by atoms with Crippen LogP contribution in [0, 0.1) is 21.4 Å². The summed E-state index contributed by atoms with van der Waals surface area (Å²) in [5.41, 5.74) is 2.93. The number of oxime groups is 1. The van der Waals surface area contributed by atoms with E-state index in [1.807, 2.05) is 24.3 Å². The van der Waals surface area contributed by atoms with Gasteiger partial charge in [-0.2, -0.15) is 5.26 Å². The topological polar surface area (TPSA) is 97.8 Å². The van der Waals surface area contributed by atoms with Crippen molar-refractivity contribution in [1.82, 2.24) is 0 Å². The van der Waals surface area contributed by atoms with Crippen molar-refractivity contribution in [2.45, 2.75) is 13.2 Å². The molecule has 3 aromatic carbocycles. The number of halogens is 2. The van der Waals surface area contributed by atoms with E-state index in [1.54, 1.807) is 30.5 Å². The van der Waals surface area contributed by atoms with E-state index < -0.39 is 4.92 Å². The standard InChI is InChI=1S/C22H15Br2N3O4/c23-20-9-16(12-26-31-14-18-4-2-1-3-17(18)11-25)10-21(24)22(20)30-13-15-5-7-19(8-6-15)27(28)29/h1-10,12H,13-14H2/b26-12-. The summed E-state index contributed by atoms with van der Waals surface area (Å²) in [5, 5.41) is 23.8. The Morgan fingerprint density at radius 2 is 1.74 bits per heavy atom. The van der Waals surface area contributed by atoms with Gasteiger partial charge in [-0.3, -0.25) is 10.1 Å². The van der Waals surface area contributed by atoms with E-state index in [2.05, 4.69) is 43.1 Å². The minimum Gasteiger partial charge on any atom is -0.487 e. The largest absolute Gasteiger partial charge is 0.487 e. The van der Waals surface area contributed by atoms with Crippen LogP contribution in [0.5, 0.6) is 5.75 Å². The first kappa shape index (κ1) is 22.5. The van der Waals surface area contributed by atoms with Crippen molar-refractivity contribution in [1.29, 1.82) is 5.26 Å². The molecule has 0 heterocycles. The second-order valence-electron chi connectivity index (χ2n) is 6.30. The molecule has 0 aliphatic carbocycles. The molecule has 0 aliphatic rings. The Kier molecular flexibility index (Phi) is 7.76. The van der Waals surface area contributed by atoms with Crippen LogP contribution in [-0.2, 0) is 18.1 Å². The van der Waals surface area contributed by atoms with Crippen molar-refractivity contribution in [3.05, 3.63) is 102 Å². The van der Waals surface area contributed by atoms with Gasteiger partial charge in [0.15, 0.2) is 0 Å². The van der Waals surface area contributed by atoms with Gasteiger partial charge in [-0.15, -0.1) is 0 Å². The van der Waals surface area contributed by atoms with Crippen LogP contribution in [0.4, 0.5) is 5.69 Å². The number of nitro groups is 1. The van der Waals surface area contributed by atoms with Gasteiger partial charge in [-0.25, -0.2) is 0 Å². The zero-order valence-electron chi connectivity index (χ0n) is 16.0. The van der Waals surface area contributed by atoms with E-state index in [9.17, 15) is 10.1 Å². The maximum atomic E-state index is 10.7. The highest BCUT2D eigenvalue weighted by molar-refractivity contribution is 9.11. The van der Waals surface area contributed by atoms with Crippen LogP contribution < -0.4 is 4.74 Å². The molecule has 0 aromatic heterocycles. The maximum Gasteiger partial charge on any atom is 0.269 e. The van der Waals surface area contributed by atoms with Crippen molar-refractivity contribution >= 4 is 43.8 Å². The Balaban J connectivity index is 1.61. The lowest BCUT2D eigenvalue weighted by Gasteiger charge is -2.11. The summed E-state index contributed by atoms with van der Waals surface area (Å²) in [6.45, 7) is 0.447. The lowest BCUT2D eigenvalue weighted by atomic mass is 10.1. The number of nitrogens with zero attached hydrogens (tertiary/aromatic N) is 3. The van der Waals surface area contributed by atoms with Crippen LogP contribution in [0.1, 0.15) is 22.3 Å². The molecule has 0 aliphatic heterocycles. The van der Waals surface area contributed by atoms with Crippen LogP contribution in [0.25, 0.3) is 0 Å². The summed E-state index contributed by atoms with van der Waals surface area (Å²) < 4.78 is 7.26. The van der Waals surface area contributed by atoms with Crippen LogP contribution in [0.2, 0.25) is 0 Å². The summed E-state index contributed by atoms with van der Waals surface area (Å²) in [4.78, 5) is 15.6. The lowest BCUT2D eigenvalue weighted by Crippen LogP contribution is -1.98. The molecule has 0 fully saturated rings. The minimum atomic E-state index is -0.440. The zero-order chi connectivity index (χ0) is 22.2. The van der Waals surface area contributed by atoms with Crippen molar-refractivity contribution in [3.63, 3.8) is 0 Å². The highest BCUT2D eigenvalue weighted by Crippen LogP contribution is 2.35. The third-order valence-electron chi connectivity index (χ3n) is 4.19. The van der Waals surface area contributed by atoms with E-state index in [1.165, 1.54) is 12.1 Å². The molecule has 0 atom stereocenters. The molecule has 7 nitrogen and oxygen atoms in total. The number of ether oxygens (including phenoxy) is 1. The average Bonchev–Trinajstić information content (AvgIpc) is 2.76. The number of non-ortho nitro benzene ring substituents is 1. The zero-order valence-corrected chi connectivity index (χ0v) is 19.2. The van der Waals surface area contributed by atoms with E-state index in [0.717, 1.165) is 16.7 Å². The normalized spacial score (nSPS) is 10.6. The van der Waals surface area contributed by atoms with E-state index in [0.29, 0.717) is 20.3 Å². The summed E-state index contributed by atoms with van der Waals surface area (Å²) in [6.07, 6.45) is 1.56. The van der Waals surface area contributed by atoms with Crippen molar-refractivity contribution in [2.75, 3.05) is 0 Å². The Bertz CT molecular complexity index is 1140. The van der Waals surface area contributed by atoms with Gasteiger partial charge < -0.3 is 9.57 Å². The predicted octanol–water partition coefficient (Wildman–Crippen LogP) is 6.12. The molecule has 0 saturated carbocycles. The van der Waals surface area contributed by atoms with E-state index in [-0.39, 0.29) is 18.9 Å². The molecular formula is C22H15Br2N3O4. The Hall–Kier alpha value is -3.22. The van der Waals surface area contributed by atoms with Gasteiger partial charge in [0.25, 0.3) is 5.69 Å². The first-order chi connectivity index (χ1) is 15.0. The molecule has 3 rings (SSSR count). The van der Waals surface area contributed by atoms with Gasteiger partial charge in [-0.05, 0) is 73.3 Å². The highest BCUT2D eigenvalue weighted by atomic mass is 79.9. The van der Waals surface area contributed by atoms with Gasteiger partial charge in [0.1, 0.15) is 19.0 Å². The fourth-order valence-electron chi connectivity index (χ4n) is 2.62. The number of benzene rings is 3. The molecule has 0 radical (unpaired) electrons. The predicted molar refractivity (Wildman–Crippen MR) is 123 cm³/mol. The smallest absolute Gasteiger partial charge is 0.269 e. The molecule has 0 amide bonds. The monoisotopic (exact) mass is 543 g/mol. The van der Waals surface area contributed by atoms with Crippen molar-refractivity contribution in [3.8, 4) is 11.8 Å². The van der Waals surface area contributed by atoms with E-state index >= 15 is 0 Å². The molecule has 156 valence electrons. The minimum absolute atomic E-state index is 0.0353. The van der Waals surface area contributed by atoms with Gasteiger partial charge in [0, 0.05) is 17.7 Å². The third-order valence-corrected chi connectivity index (χ3v) is 5.36. The Morgan fingerprint density at radius 3 is 2.39 bits per heavy atom. The van der Waals surface area contributed by atoms with Crippen LogP contribution in [-0.4, -0.2) is 11.1 Å². The fourth-order valence-corrected chi connectivity index (χ4v) is 4.07. The molecule has 9 heteroatoms. The number of nitriles is 1. The second-order valence-corrected chi connectivity index (χ2v) is 8.01. The lowest BCUT2D eigenvalue weighted by molar-refractivity contribution is -0.384. The SMILES string of the molecule is N#Cc1ccccc1CO/N=C\c1cc(Br)c(OCc2ccc([N+](=O)[O-])cc2)c(Br)c1. The van der Waals surface area contributed by atoms with Gasteiger partial charge in [0.05, 0.1) is 31.7 Å². The molecule has 0 saturated heterocycles. The molecule has 3 aromatic rings. The molecule has 0 bridgehead atoms. The van der Waals surface area contributed by atoms with Crippen molar-refractivity contribution < 1.29 is 14.5 Å². The van der Waals surface area contributed by atoms with Gasteiger partial charge in [-0.1, -0.05) is 23.4 Å². The highest BCUT2D eigenvalue weighted by Gasteiger charge is 2.10. The average molecular weight is 545 g/mol. The Morgan fingerprint density at radius 1 is 1.06 bits per heavy atom. The summed E-state index contributed by atoms with van der Waals surface area (Å²) >= 11 is 6.97. The maximum absolute atomic E-state index is 10.7. The first-order valence-corrected chi connectivity index (χ1v) is 10.5. The van der Waals surface area contributed by atoms with Crippen LogP contribution in [0.15, 0.2) is 74.8 Å². The number of hydrogen-bond acceptors (Lipinski definition) is 6. The number of rotatable bonds is 8. The van der Waals surface area contributed by atoms with Crippen molar-refractivity contribution in [2.24, 2.45) is 5.16 Å².